The van der Waals surface area contributed by atoms with Crippen molar-refractivity contribution in [1.29, 1.82) is 0 Å². The molecule has 3 heteroatoms. The van der Waals surface area contributed by atoms with Crippen molar-refractivity contribution >= 4 is 11.6 Å². The first kappa shape index (κ1) is 10.8. The fourth-order valence-corrected chi connectivity index (χ4v) is 2.08. The summed E-state index contributed by atoms with van der Waals surface area (Å²) in [5.74, 6) is 1.05. The van der Waals surface area contributed by atoms with Gasteiger partial charge in [0.1, 0.15) is 5.75 Å². The lowest BCUT2D eigenvalue weighted by Gasteiger charge is -2.24. The molecule has 0 heterocycles. The van der Waals surface area contributed by atoms with Crippen LogP contribution in [0, 0.1) is 5.92 Å². The van der Waals surface area contributed by atoms with Crippen molar-refractivity contribution < 1.29 is 9.84 Å². The van der Waals surface area contributed by atoms with E-state index in [4.69, 9.17) is 16.3 Å². The summed E-state index contributed by atoms with van der Waals surface area (Å²) in [6, 6.07) is 5.40. The Morgan fingerprint density at radius 1 is 1.40 bits per heavy atom. The van der Waals surface area contributed by atoms with Gasteiger partial charge in [0.2, 0.25) is 0 Å². The molecule has 0 spiro atoms. The normalized spacial score (nSPS) is 19.7. The van der Waals surface area contributed by atoms with Crippen LogP contribution in [0.1, 0.15) is 25.3 Å². The molecule has 1 fully saturated rings. The standard InChI is InChI=1S/C12H15ClO2/c1-12(14,8-3-4-8)9-5-10(13)7-11(6-9)15-2/h5-8,14H,3-4H2,1-2H3. The van der Waals surface area contributed by atoms with Crippen molar-refractivity contribution in [3.63, 3.8) is 0 Å². The van der Waals surface area contributed by atoms with E-state index >= 15 is 0 Å². The Balaban J connectivity index is 2.38. The van der Waals surface area contributed by atoms with Crippen LogP contribution in [0.3, 0.4) is 0 Å². The molecule has 0 aromatic heterocycles. The summed E-state index contributed by atoms with van der Waals surface area (Å²) >= 11 is 5.97. The van der Waals surface area contributed by atoms with E-state index in [0.29, 0.717) is 16.7 Å². The van der Waals surface area contributed by atoms with Crippen LogP contribution in [0.5, 0.6) is 5.75 Å². The molecule has 0 amide bonds. The maximum Gasteiger partial charge on any atom is 0.120 e. The molecule has 1 aromatic rings. The highest BCUT2D eigenvalue weighted by atomic mass is 35.5. The van der Waals surface area contributed by atoms with E-state index < -0.39 is 5.60 Å². The molecule has 1 N–H and O–H groups in total. The SMILES string of the molecule is COc1cc(Cl)cc(C(C)(O)C2CC2)c1. The first-order chi connectivity index (χ1) is 7.04. The van der Waals surface area contributed by atoms with Crippen LogP contribution in [0.4, 0.5) is 0 Å². The van der Waals surface area contributed by atoms with E-state index in [-0.39, 0.29) is 0 Å². The number of hydrogen-bond acceptors (Lipinski definition) is 2. The molecule has 15 heavy (non-hydrogen) atoms. The third-order valence-electron chi connectivity index (χ3n) is 3.06. The molecule has 0 saturated heterocycles. The predicted octanol–water partition coefficient (Wildman–Crippen LogP) is 2.97. The molecular weight excluding hydrogens is 212 g/mol. The highest BCUT2D eigenvalue weighted by molar-refractivity contribution is 6.30. The van der Waals surface area contributed by atoms with Gasteiger partial charge in [-0.1, -0.05) is 11.6 Å². The van der Waals surface area contributed by atoms with Crippen LogP contribution in [0.2, 0.25) is 5.02 Å². The van der Waals surface area contributed by atoms with Gasteiger partial charge in [0, 0.05) is 5.02 Å². The number of methoxy groups -OCH3 is 1. The highest BCUT2D eigenvalue weighted by Crippen LogP contribution is 2.46. The van der Waals surface area contributed by atoms with Gasteiger partial charge in [0.05, 0.1) is 12.7 Å². The summed E-state index contributed by atoms with van der Waals surface area (Å²) in [6.45, 7) is 1.84. The second-order valence-electron chi connectivity index (χ2n) is 4.30. The first-order valence-electron chi connectivity index (χ1n) is 5.11. The van der Waals surface area contributed by atoms with E-state index in [0.717, 1.165) is 18.4 Å². The van der Waals surface area contributed by atoms with Crippen LogP contribution in [-0.2, 0) is 5.60 Å². The van der Waals surface area contributed by atoms with Crippen LogP contribution < -0.4 is 4.74 Å². The molecule has 0 aliphatic heterocycles. The summed E-state index contributed by atoms with van der Waals surface area (Å²) < 4.78 is 5.14. The molecule has 1 atom stereocenters. The molecule has 1 aromatic carbocycles. The Morgan fingerprint density at radius 3 is 2.60 bits per heavy atom. The topological polar surface area (TPSA) is 29.5 Å². The zero-order valence-corrected chi connectivity index (χ0v) is 9.71. The maximum atomic E-state index is 10.4. The minimum Gasteiger partial charge on any atom is -0.497 e. The van der Waals surface area contributed by atoms with E-state index in [1.54, 1.807) is 13.2 Å². The Labute approximate surface area is 94.8 Å². The summed E-state index contributed by atoms with van der Waals surface area (Å²) in [6.07, 6.45) is 2.17. The molecule has 82 valence electrons. The van der Waals surface area contributed by atoms with E-state index in [9.17, 15) is 5.11 Å². The van der Waals surface area contributed by atoms with Gasteiger partial charge in [0.15, 0.2) is 0 Å². The van der Waals surface area contributed by atoms with Crippen molar-refractivity contribution in [1.82, 2.24) is 0 Å². The van der Waals surface area contributed by atoms with Crippen molar-refractivity contribution in [2.75, 3.05) is 7.11 Å². The number of halogens is 1. The molecule has 1 unspecified atom stereocenters. The molecule has 2 rings (SSSR count). The van der Waals surface area contributed by atoms with E-state index in [2.05, 4.69) is 0 Å². The second kappa shape index (κ2) is 3.69. The zero-order valence-electron chi connectivity index (χ0n) is 8.96. The molecule has 1 aliphatic rings. The molecule has 0 radical (unpaired) electrons. The largest absolute Gasteiger partial charge is 0.497 e. The lowest BCUT2D eigenvalue weighted by molar-refractivity contribution is 0.0329. The van der Waals surface area contributed by atoms with Crippen LogP contribution >= 0.6 is 11.6 Å². The van der Waals surface area contributed by atoms with Gasteiger partial charge in [0.25, 0.3) is 0 Å². The van der Waals surface area contributed by atoms with Crippen molar-refractivity contribution in [3.8, 4) is 5.75 Å². The predicted molar refractivity (Wildman–Crippen MR) is 60.3 cm³/mol. The lowest BCUT2D eigenvalue weighted by atomic mass is 9.91. The molecular formula is C12H15ClO2. The van der Waals surface area contributed by atoms with Gasteiger partial charge in [-0.2, -0.15) is 0 Å². The number of rotatable bonds is 3. The molecule has 2 nitrogen and oxygen atoms in total. The molecule has 1 aliphatic carbocycles. The quantitative estimate of drug-likeness (QED) is 0.859. The van der Waals surface area contributed by atoms with Crippen molar-refractivity contribution in [2.24, 2.45) is 5.92 Å². The second-order valence-corrected chi connectivity index (χ2v) is 4.74. The molecule has 0 bridgehead atoms. The minimum absolute atomic E-state index is 0.362. The van der Waals surface area contributed by atoms with Crippen molar-refractivity contribution in [3.05, 3.63) is 28.8 Å². The Morgan fingerprint density at radius 2 is 2.07 bits per heavy atom. The fraction of sp³-hybridized carbons (Fsp3) is 0.500. The zero-order chi connectivity index (χ0) is 11.1. The third-order valence-corrected chi connectivity index (χ3v) is 3.28. The van der Waals surface area contributed by atoms with Crippen LogP contribution in [0.15, 0.2) is 18.2 Å². The lowest BCUT2D eigenvalue weighted by Crippen LogP contribution is -2.23. The Kier molecular flexibility index (Phi) is 2.65. The average molecular weight is 227 g/mol. The summed E-state index contributed by atoms with van der Waals surface area (Å²) in [4.78, 5) is 0. The number of ether oxygens (including phenoxy) is 1. The summed E-state index contributed by atoms with van der Waals surface area (Å²) in [5.41, 5.74) is 0.0624. The van der Waals surface area contributed by atoms with Gasteiger partial charge < -0.3 is 9.84 Å². The van der Waals surface area contributed by atoms with E-state index in [1.165, 1.54) is 0 Å². The summed E-state index contributed by atoms with van der Waals surface area (Å²) in [7, 11) is 1.60. The van der Waals surface area contributed by atoms with Gasteiger partial charge >= 0.3 is 0 Å². The van der Waals surface area contributed by atoms with Gasteiger partial charge in [-0.25, -0.2) is 0 Å². The fourth-order valence-electron chi connectivity index (χ4n) is 1.85. The Hall–Kier alpha value is -0.730. The number of aliphatic hydroxyl groups is 1. The van der Waals surface area contributed by atoms with Gasteiger partial charge in [-0.05, 0) is 49.4 Å². The summed E-state index contributed by atoms with van der Waals surface area (Å²) in [5, 5.41) is 11.0. The minimum atomic E-state index is -0.780. The molecule has 1 saturated carbocycles. The smallest absolute Gasteiger partial charge is 0.120 e. The number of benzene rings is 1. The Bertz CT molecular complexity index is 370. The van der Waals surface area contributed by atoms with Crippen LogP contribution in [-0.4, -0.2) is 12.2 Å². The number of hydrogen-bond donors (Lipinski definition) is 1. The van der Waals surface area contributed by atoms with Crippen LogP contribution in [0.25, 0.3) is 0 Å². The monoisotopic (exact) mass is 226 g/mol. The maximum absolute atomic E-state index is 10.4. The average Bonchev–Trinajstić information content (AvgIpc) is 3.00. The van der Waals surface area contributed by atoms with Crippen molar-refractivity contribution in [2.45, 2.75) is 25.4 Å². The highest BCUT2D eigenvalue weighted by Gasteiger charge is 2.41. The van der Waals surface area contributed by atoms with Gasteiger partial charge in [-0.15, -0.1) is 0 Å². The van der Waals surface area contributed by atoms with E-state index in [1.807, 2.05) is 19.1 Å². The first-order valence-corrected chi connectivity index (χ1v) is 5.49. The van der Waals surface area contributed by atoms with Gasteiger partial charge in [-0.3, -0.25) is 0 Å². The third kappa shape index (κ3) is 2.11.